The average molecular weight is 285 g/mol. The summed E-state index contributed by atoms with van der Waals surface area (Å²) in [5, 5.41) is 3.32. The molecule has 20 heavy (non-hydrogen) atoms. The minimum absolute atomic E-state index is 0.178. The van der Waals surface area contributed by atoms with Gasteiger partial charge in [0, 0.05) is 12.2 Å². The molecule has 0 heterocycles. The summed E-state index contributed by atoms with van der Waals surface area (Å²) in [4.78, 5) is 0. The number of anilines is 1. The lowest BCUT2D eigenvalue weighted by atomic mass is 9.89. The average Bonchev–Trinajstić information content (AvgIpc) is 2.98. The second-order valence-electron chi connectivity index (χ2n) is 5.89. The molecule has 3 unspecified atom stereocenters. The maximum Gasteiger partial charge on any atom is 0.573 e. The summed E-state index contributed by atoms with van der Waals surface area (Å²) in [6.45, 7) is 0.917. The van der Waals surface area contributed by atoms with Crippen molar-refractivity contribution in [2.75, 3.05) is 11.9 Å². The molecule has 1 aromatic rings. The van der Waals surface area contributed by atoms with Crippen LogP contribution in [0.15, 0.2) is 24.3 Å². The molecule has 3 atom stereocenters. The molecule has 2 bridgehead atoms. The molecule has 110 valence electrons. The largest absolute Gasteiger partial charge is 0.573 e. The molecule has 2 fully saturated rings. The Morgan fingerprint density at radius 1 is 1.10 bits per heavy atom. The van der Waals surface area contributed by atoms with Crippen LogP contribution in [-0.4, -0.2) is 12.9 Å². The van der Waals surface area contributed by atoms with E-state index in [4.69, 9.17) is 0 Å². The SMILES string of the molecule is FC(F)(F)Oc1ccc(NCC2CC3CCC2C3)cc1. The summed E-state index contributed by atoms with van der Waals surface area (Å²) in [6, 6.07) is 5.95. The molecule has 2 aliphatic rings. The second kappa shape index (κ2) is 5.19. The van der Waals surface area contributed by atoms with Gasteiger partial charge in [-0.3, -0.25) is 0 Å². The Hall–Kier alpha value is -1.39. The van der Waals surface area contributed by atoms with Gasteiger partial charge in [0.05, 0.1) is 0 Å². The van der Waals surface area contributed by atoms with Crippen LogP contribution in [0.25, 0.3) is 0 Å². The third kappa shape index (κ3) is 3.19. The molecule has 0 saturated heterocycles. The number of ether oxygens (including phenoxy) is 1. The van der Waals surface area contributed by atoms with Gasteiger partial charge in [-0.25, -0.2) is 0 Å². The number of fused-ring (bicyclic) bond motifs is 2. The summed E-state index contributed by atoms with van der Waals surface area (Å²) in [5.41, 5.74) is 0.849. The van der Waals surface area contributed by atoms with Crippen LogP contribution < -0.4 is 10.1 Å². The molecule has 0 aliphatic heterocycles. The fourth-order valence-corrected chi connectivity index (χ4v) is 3.65. The van der Waals surface area contributed by atoms with Crippen LogP contribution in [0.4, 0.5) is 18.9 Å². The normalized spacial score (nSPS) is 28.6. The van der Waals surface area contributed by atoms with Gasteiger partial charge in [-0.05, 0) is 61.3 Å². The number of rotatable bonds is 4. The molecule has 1 N–H and O–H groups in total. The van der Waals surface area contributed by atoms with E-state index in [2.05, 4.69) is 10.1 Å². The first-order chi connectivity index (χ1) is 9.49. The van der Waals surface area contributed by atoms with Crippen molar-refractivity contribution in [3.05, 3.63) is 24.3 Å². The summed E-state index contributed by atoms with van der Waals surface area (Å²) < 4.78 is 40.0. The van der Waals surface area contributed by atoms with Crippen LogP contribution in [0.3, 0.4) is 0 Å². The molecule has 2 saturated carbocycles. The predicted octanol–water partition coefficient (Wildman–Crippen LogP) is 4.43. The first-order valence-corrected chi connectivity index (χ1v) is 7.09. The maximum atomic E-state index is 12.0. The summed E-state index contributed by atoms with van der Waals surface area (Å²) in [6.07, 6.45) is 0.760. The molecule has 2 aliphatic carbocycles. The number of halogens is 3. The minimum atomic E-state index is -4.63. The first kappa shape index (κ1) is 13.6. The monoisotopic (exact) mass is 285 g/mol. The van der Waals surface area contributed by atoms with Crippen LogP contribution in [0.1, 0.15) is 25.7 Å². The quantitative estimate of drug-likeness (QED) is 0.883. The van der Waals surface area contributed by atoms with Gasteiger partial charge in [0.1, 0.15) is 5.75 Å². The fraction of sp³-hybridized carbons (Fsp3) is 0.600. The smallest absolute Gasteiger partial charge is 0.406 e. The van der Waals surface area contributed by atoms with Gasteiger partial charge < -0.3 is 10.1 Å². The Morgan fingerprint density at radius 2 is 1.85 bits per heavy atom. The van der Waals surface area contributed by atoms with Crippen molar-refractivity contribution in [1.82, 2.24) is 0 Å². The number of alkyl halides is 3. The van der Waals surface area contributed by atoms with Crippen molar-refractivity contribution in [3.8, 4) is 5.75 Å². The molecule has 0 amide bonds. The lowest BCUT2D eigenvalue weighted by Crippen LogP contribution is -2.20. The highest BCUT2D eigenvalue weighted by molar-refractivity contribution is 5.46. The zero-order valence-corrected chi connectivity index (χ0v) is 11.1. The third-order valence-electron chi connectivity index (χ3n) is 4.54. The Kier molecular flexibility index (Phi) is 3.52. The molecule has 0 spiro atoms. The van der Waals surface area contributed by atoms with E-state index >= 15 is 0 Å². The highest BCUT2D eigenvalue weighted by Crippen LogP contribution is 2.48. The van der Waals surface area contributed by atoms with Crippen LogP contribution in [-0.2, 0) is 0 Å². The summed E-state index contributed by atoms with van der Waals surface area (Å²) in [7, 11) is 0. The second-order valence-corrected chi connectivity index (χ2v) is 5.89. The molecular weight excluding hydrogens is 267 g/mol. The van der Waals surface area contributed by atoms with Crippen molar-refractivity contribution in [2.45, 2.75) is 32.0 Å². The van der Waals surface area contributed by atoms with E-state index in [-0.39, 0.29) is 5.75 Å². The Balaban J connectivity index is 1.51. The van der Waals surface area contributed by atoms with Crippen LogP contribution in [0.5, 0.6) is 5.75 Å². The molecule has 0 aromatic heterocycles. The number of benzene rings is 1. The first-order valence-electron chi connectivity index (χ1n) is 7.09. The number of hydrogen-bond acceptors (Lipinski definition) is 2. The van der Waals surface area contributed by atoms with E-state index in [1.54, 1.807) is 12.1 Å². The van der Waals surface area contributed by atoms with Crippen molar-refractivity contribution in [3.63, 3.8) is 0 Å². The van der Waals surface area contributed by atoms with E-state index in [1.165, 1.54) is 37.8 Å². The van der Waals surface area contributed by atoms with Gasteiger partial charge in [-0.15, -0.1) is 13.2 Å². The van der Waals surface area contributed by atoms with Crippen molar-refractivity contribution < 1.29 is 17.9 Å². The van der Waals surface area contributed by atoms with E-state index in [0.717, 1.165) is 30.0 Å². The number of hydrogen-bond donors (Lipinski definition) is 1. The minimum Gasteiger partial charge on any atom is -0.406 e. The van der Waals surface area contributed by atoms with Gasteiger partial charge in [-0.2, -0.15) is 0 Å². The Labute approximate surface area is 116 Å². The lowest BCUT2D eigenvalue weighted by molar-refractivity contribution is -0.274. The van der Waals surface area contributed by atoms with Gasteiger partial charge in [0.2, 0.25) is 0 Å². The van der Waals surface area contributed by atoms with Crippen LogP contribution in [0, 0.1) is 17.8 Å². The van der Waals surface area contributed by atoms with Gasteiger partial charge in [0.15, 0.2) is 0 Å². The summed E-state index contributed by atoms with van der Waals surface area (Å²) >= 11 is 0. The Morgan fingerprint density at radius 3 is 2.40 bits per heavy atom. The van der Waals surface area contributed by atoms with E-state index in [1.807, 2.05) is 0 Å². The molecule has 5 heteroatoms. The molecule has 1 aromatic carbocycles. The molecule has 2 nitrogen and oxygen atoms in total. The van der Waals surface area contributed by atoms with Crippen LogP contribution in [0.2, 0.25) is 0 Å². The summed E-state index contributed by atoms with van der Waals surface area (Å²) in [5.74, 6) is 2.30. The molecule has 3 rings (SSSR count). The van der Waals surface area contributed by atoms with E-state index < -0.39 is 6.36 Å². The zero-order valence-electron chi connectivity index (χ0n) is 11.1. The maximum absolute atomic E-state index is 12.0. The standard InChI is InChI=1S/C15H18F3NO/c16-15(17,18)20-14-5-3-13(4-6-14)19-9-12-8-10-1-2-11(12)7-10/h3-6,10-12,19H,1-2,7-9H2. The number of nitrogens with one attached hydrogen (secondary N) is 1. The third-order valence-corrected chi connectivity index (χ3v) is 4.54. The van der Waals surface area contributed by atoms with E-state index in [9.17, 15) is 13.2 Å². The predicted molar refractivity (Wildman–Crippen MR) is 70.6 cm³/mol. The lowest BCUT2D eigenvalue weighted by Gasteiger charge is -2.22. The van der Waals surface area contributed by atoms with Crippen molar-refractivity contribution in [1.29, 1.82) is 0 Å². The van der Waals surface area contributed by atoms with E-state index in [0.29, 0.717) is 0 Å². The highest BCUT2D eigenvalue weighted by Gasteiger charge is 2.39. The van der Waals surface area contributed by atoms with Gasteiger partial charge in [0.25, 0.3) is 0 Å². The van der Waals surface area contributed by atoms with Gasteiger partial charge >= 0.3 is 6.36 Å². The topological polar surface area (TPSA) is 21.3 Å². The Bertz CT molecular complexity index is 457. The highest BCUT2D eigenvalue weighted by atomic mass is 19.4. The van der Waals surface area contributed by atoms with Gasteiger partial charge in [-0.1, -0.05) is 6.42 Å². The zero-order chi connectivity index (χ0) is 14.2. The van der Waals surface area contributed by atoms with Crippen molar-refractivity contribution in [2.24, 2.45) is 17.8 Å². The molecular formula is C15H18F3NO. The molecule has 0 radical (unpaired) electrons. The van der Waals surface area contributed by atoms with Crippen LogP contribution >= 0.6 is 0 Å². The fourth-order valence-electron chi connectivity index (χ4n) is 3.65. The van der Waals surface area contributed by atoms with Crippen molar-refractivity contribution >= 4 is 5.69 Å².